The van der Waals surface area contributed by atoms with Crippen molar-refractivity contribution in [2.24, 2.45) is 0 Å². The summed E-state index contributed by atoms with van der Waals surface area (Å²) in [7, 11) is 0. The van der Waals surface area contributed by atoms with Gasteiger partial charge in [-0.3, -0.25) is 0 Å². The van der Waals surface area contributed by atoms with Crippen LogP contribution in [0.15, 0.2) is 22.9 Å². The summed E-state index contributed by atoms with van der Waals surface area (Å²) in [4.78, 5) is 2.43. The van der Waals surface area contributed by atoms with E-state index in [2.05, 4.69) is 30.7 Å². The molecule has 0 aliphatic carbocycles. The van der Waals surface area contributed by atoms with Crippen LogP contribution >= 0.6 is 22.7 Å². The van der Waals surface area contributed by atoms with Gasteiger partial charge in [0, 0.05) is 5.38 Å². The maximum Gasteiger partial charge on any atom is 0.138 e. The predicted octanol–water partition coefficient (Wildman–Crippen LogP) is 5.05. The van der Waals surface area contributed by atoms with E-state index in [-0.39, 0.29) is 0 Å². The molecule has 2 nitrogen and oxygen atoms in total. The number of hydrogen-bond acceptors (Lipinski definition) is 4. The van der Waals surface area contributed by atoms with Crippen molar-refractivity contribution in [3.05, 3.63) is 22.9 Å². The molecule has 0 spiro atoms. The van der Waals surface area contributed by atoms with E-state index in [0.717, 1.165) is 37.6 Å². The van der Waals surface area contributed by atoms with Gasteiger partial charge in [-0.2, -0.15) is 0 Å². The Bertz CT molecular complexity index is 474. The first-order valence-electron chi connectivity index (χ1n) is 6.27. The first-order valence-corrected chi connectivity index (χ1v) is 8.03. The van der Waals surface area contributed by atoms with Gasteiger partial charge in [0.2, 0.25) is 0 Å². The van der Waals surface area contributed by atoms with Gasteiger partial charge in [-0.05, 0) is 30.4 Å². The molecule has 0 unspecified atom stereocenters. The molecule has 0 amide bonds. The molecule has 0 atom stereocenters. The third-order valence-electron chi connectivity index (χ3n) is 2.36. The molecule has 98 valence electrons. The Morgan fingerprint density at radius 2 is 1.83 bits per heavy atom. The lowest BCUT2D eigenvalue weighted by Gasteiger charge is -2.04. The van der Waals surface area contributed by atoms with Gasteiger partial charge in [0.15, 0.2) is 0 Å². The summed E-state index contributed by atoms with van der Waals surface area (Å²) in [6.45, 7) is 5.78. The average molecular weight is 282 g/mol. The van der Waals surface area contributed by atoms with Crippen molar-refractivity contribution in [3.63, 3.8) is 0 Å². The molecule has 0 aliphatic heterocycles. The Kier molecular flexibility index (Phi) is 5.08. The van der Waals surface area contributed by atoms with Gasteiger partial charge in [-0.25, -0.2) is 0 Å². The summed E-state index contributed by atoms with van der Waals surface area (Å²) in [6, 6.07) is 4.15. The fraction of sp³-hybridized carbons (Fsp3) is 0.429. The molecule has 18 heavy (non-hydrogen) atoms. The van der Waals surface area contributed by atoms with Gasteiger partial charge >= 0.3 is 0 Å². The van der Waals surface area contributed by atoms with Gasteiger partial charge in [-0.1, -0.05) is 13.8 Å². The van der Waals surface area contributed by atoms with Crippen LogP contribution in [0.4, 0.5) is 0 Å². The van der Waals surface area contributed by atoms with Gasteiger partial charge < -0.3 is 9.47 Å². The van der Waals surface area contributed by atoms with Gasteiger partial charge in [0.05, 0.1) is 23.0 Å². The summed E-state index contributed by atoms with van der Waals surface area (Å²) in [5.74, 6) is 1.96. The molecule has 0 radical (unpaired) electrons. The van der Waals surface area contributed by atoms with Crippen molar-refractivity contribution in [1.82, 2.24) is 0 Å². The van der Waals surface area contributed by atoms with E-state index < -0.39 is 0 Å². The fourth-order valence-corrected chi connectivity index (χ4v) is 3.34. The van der Waals surface area contributed by atoms with Crippen LogP contribution in [0.2, 0.25) is 0 Å². The van der Waals surface area contributed by atoms with Crippen LogP contribution in [0.25, 0.3) is 9.75 Å². The van der Waals surface area contributed by atoms with Crippen LogP contribution in [0, 0.1) is 0 Å². The minimum atomic E-state index is 0.772. The topological polar surface area (TPSA) is 18.5 Å². The number of rotatable bonds is 7. The average Bonchev–Trinajstić information content (AvgIpc) is 3.02. The summed E-state index contributed by atoms with van der Waals surface area (Å²) in [5.41, 5.74) is 0. The maximum atomic E-state index is 5.75. The van der Waals surface area contributed by atoms with E-state index >= 15 is 0 Å². The molecule has 0 bridgehead atoms. The lowest BCUT2D eigenvalue weighted by atomic mass is 10.3. The minimum absolute atomic E-state index is 0.772. The molecule has 2 aromatic rings. The van der Waals surface area contributed by atoms with Crippen LogP contribution in [-0.4, -0.2) is 13.2 Å². The smallest absolute Gasteiger partial charge is 0.138 e. The summed E-state index contributed by atoms with van der Waals surface area (Å²) < 4.78 is 11.4. The molecule has 4 heteroatoms. The van der Waals surface area contributed by atoms with Crippen LogP contribution in [0.1, 0.15) is 26.7 Å². The lowest BCUT2D eigenvalue weighted by molar-refractivity contribution is 0.318. The molecule has 2 heterocycles. The van der Waals surface area contributed by atoms with Crippen molar-refractivity contribution < 1.29 is 9.47 Å². The fourth-order valence-electron chi connectivity index (χ4n) is 1.54. The second-order valence-corrected chi connectivity index (χ2v) is 5.78. The van der Waals surface area contributed by atoms with Crippen molar-refractivity contribution in [2.75, 3.05) is 13.2 Å². The number of ether oxygens (including phenoxy) is 2. The summed E-state index contributed by atoms with van der Waals surface area (Å²) in [5, 5.41) is 4.14. The standard InChI is InChI=1S/C14H18O2S2/c1-3-6-15-11-9-13(18-10-11)14-12(5-8-17-14)16-7-4-2/h5,8-10H,3-4,6-7H2,1-2H3. The molecule has 0 aromatic carbocycles. The Hall–Kier alpha value is -1.00. The zero-order chi connectivity index (χ0) is 12.8. The van der Waals surface area contributed by atoms with Crippen LogP contribution < -0.4 is 9.47 Å². The van der Waals surface area contributed by atoms with E-state index in [1.165, 1.54) is 9.75 Å². The highest BCUT2D eigenvalue weighted by Crippen LogP contribution is 2.40. The van der Waals surface area contributed by atoms with Gasteiger partial charge in [0.1, 0.15) is 11.5 Å². The van der Waals surface area contributed by atoms with Crippen molar-refractivity contribution >= 4 is 22.7 Å². The molecule has 0 aliphatic rings. The maximum absolute atomic E-state index is 5.75. The molecular formula is C14H18O2S2. The Labute approximate surface area is 116 Å². The Morgan fingerprint density at radius 3 is 2.61 bits per heavy atom. The molecule has 0 saturated carbocycles. The normalized spacial score (nSPS) is 10.6. The zero-order valence-electron chi connectivity index (χ0n) is 10.8. The minimum Gasteiger partial charge on any atom is -0.493 e. The number of hydrogen-bond donors (Lipinski definition) is 0. The third-order valence-corrected chi connectivity index (χ3v) is 4.35. The monoisotopic (exact) mass is 282 g/mol. The molecule has 2 rings (SSSR count). The molecule has 0 fully saturated rings. The van der Waals surface area contributed by atoms with E-state index in [1.54, 1.807) is 22.7 Å². The SMILES string of the molecule is CCCOc1csc(-c2sccc2OCCC)c1. The lowest BCUT2D eigenvalue weighted by Crippen LogP contribution is -1.94. The van der Waals surface area contributed by atoms with Crippen LogP contribution in [0.3, 0.4) is 0 Å². The first kappa shape index (κ1) is 13.4. The highest BCUT2D eigenvalue weighted by atomic mass is 32.1. The van der Waals surface area contributed by atoms with Crippen molar-refractivity contribution in [1.29, 1.82) is 0 Å². The quantitative estimate of drug-likeness (QED) is 0.707. The molecule has 0 saturated heterocycles. The van der Waals surface area contributed by atoms with Crippen LogP contribution in [-0.2, 0) is 0 Å². The van der Waals surface area contributed by atoms with E-state index in [4.69, 9.17) is 9.47 Å². The van der Waals surface area contributed by atoms with Crippen molar-refractivity contribution in [2.45, 2.75) is 26.7 Å². The third kappa shape index (κ3) is 3.27. The largest absolute Gasteiger partial charge is 0.493 e. The Balaban J connectivity index is 2.10. The van der Waals surface area contributed by atoms with E-state index in [9.17, 15) is 0 Å². The van der Waals surface area contributed by atoms with Gasteiger partial charge in [0.25, 0.3) is 0 Å². The highest BCUT2D eigenvalue weighted by molar-refractivity contribution is 7.20. The Morgan fingerprint density at radius 1 is 1.06 bits per heavy atom. The second kappa shape index (κ2) is 6.81. The molecule has 0 N–H and O–H groups in total. The summed E-state index contributed by atoms with van der Waals surface area (Å²) in [6.07, 6.45) is 2.07. The first-order chi connectivity index (χ1) is 8.85. The summed E-state index contributed by atoms with van der Waals surface area (Å²) >= 11 is 3.43. The second-order valence-electron chi connectivity index (χ2n) is 3.96. The molecular weight excluding hydrogens is 264 g/mol. The predicted molar refractivity (Wildman–Crippen MR) is 79.2 cm³/mol. The van der Waals surface area contributed by atoms with Crippen LogP contribution in [0.5, 0.6) is 11.5 Å². The highest BCUT2D eigenvalue weighted by Gasteiger charge is 2.11. The number of thiophene rings is 2. The van der Waals surface area contributed by atoms with E-state index in [1.807, 2.05) is 6.07 Å². The van der Waals surface area contributed by atoms with Crippen molar-refractivity contribution in [3.8, 4) is 21.3 Å². The molecule has 2 aromatic heterocycles. The van der Waals surface area contributed by atoms with E-state index in [0.29, 0.717) is 0 Å². The van der Waals surface area contributed by atoms with Gasteiger partial charge in [-0.15, -0.1) is 22.7 Å². The zero-order valence-corrected chi connectivity index (χ0v) is 12.4.